The van der Waals surface area contributed by atoms with Gasteiger partial charge in [-0.15, -0.1) is 0 Å². The summed E-state index contributed by atoms with van der Waals surface area (Å²) in [6.45, 7) is 12.4. The van der Waals surface area contributed by atoms with Crippen LogP contribution in [0, 0.1) is 39.4 Å². The van der Waals surface area contributed by atoms with Crippen molar-refractivity contribution >= 4 is 29.3 Å². The second-order valence-corrected chi connectivity index (χ2v) is 13.1. The zero-order valence-electron chi connectivity index (χ0n) is 23.0. The lowest BCUT2D eigenvalue weighted by molar-refractivity contribution is -0.176. The summed E-state index contributed by atoms with van der Waals surface area (Å²) in [5.74, 6) is -3.48. The van der Waals surface area contributed by atoms with Gasteiger partial charge in [-0.3, -0.25) is 24.0 Å². The summed E-state index contributed by atoms with van der Waals surface area (Å²) < 4.78 is 5.77. The maximum atomic E-state index is 14.5. The van der Waals surface area contributed by atoms with E-state index in [4.69, 9.17) is 4.74 Å². The third-order valence-corrected chi connectivity index (χ3v) is 11.1. The van der Waals surface area contributed by atoms with Crippen molar-refractivity contribution in [2.45, 2.75) is 99.2 Å². The molecule has 2 saturated carbocycles. The van der Waals surface area contributed by atoms with Crippen LogP contribution in [0.2, 0.25) is 0 Å². The lowest BCUT2D eigenvalue weighted by atomic mass is 9.42. The number of aliphatic hydroxyl groups excluding tert-OH is 1. The molecular formula is C29H40O8. The molecular weight excluding hydrogens is 476 g/mol. The minimum Gasteiger partial charge on any atom is -0.481 e. The molecule has 0 spiro atoms. The molecule has 4 aliphatic rings. The Morgan fingerprint density at radius 2 is 1.68 bits per heavy atom. The Labute approximate surface area is 218 Å². The molecule has 37 heavy (non-hydrogen) atoms. The molecule has 2 fully saturated rings. The molecule has 204 valence electrons. The highest BCUT2D eigenvalue weighted by molar-refractivity contribution is 6.18. The van der Waals surface area contributed by atoms with E-state index in [9.17, 15) is 34.2 Å². The van der Waals surface area contributed by atoms with Gasteiger partial charge in [-0.2, -0.15) is 0 Å². The summed E-state index contributed by atoms with van der Waals surface area (Å²) in [6.07, 6.45) is -0.552. The Morgan fingerprint density at radius 1 is 1.05 bits per heavy atom. The van der Waals surface area contributed by atoms with Crippen LogP contribution in [0.5, 0.6) is 0 Å². The molecule has 8 heteroatoms. The van der Waals surface area contributed by atoms with Crippen molar-refractivity contribution in [2.75, 3.05) is 0 Å². The van der Waals surface area contributed by atoms with Crippen LogP contribution in [0.3, 0.4) is 0 Å². The first kappa shape index (κ1) is 27.7. The fourth-order valence-electron chi connectivity index (χ4n) is 8.71. The quantitative estimate of drug-likeness (QED) is 0.529. The van der Waals surface area contributed by atoms with Gasteiger partial charge in [0.05, 0.1) is 11.5 Å². The Bertz CT molecular complexity index is 1120. The van der Waals surface area contributed by atoms with Crippen LogP contribution in [-0.2, 0) is 28.7 Å². The van der Waals surface area contributed by atoms with Gasteiger partial charge in [-0.1, -0.05) is 34.6 Å². The zero-order chi connectivity index (χ0) is 27.9. The summed E-state index contributed by atoms with van der Waals surface area (Å²) in [7, 11) is 0. The Hall–Kier alpha value is -2.35. The highest BCUT2D eigenvalue weighted by Crippen LogP contribution is 2.70. The topological polar surface area (TPSA) is 135 Å². The molecule has 4 rings (SSSR count). The smallest absolute Gasteiger partial charge is 0.303 e. The van der Waals surface area contributed by atoms with Gasteiger partial charge in [0, 0.05) is 48.2 Å². The molecule has 8 nitrogen and oxygen atoms in total. The molecule has 0 saturated heterocycles. The molecule has 0 bridgehead atoms. The number of aliphatic carboxylic acids is 1. The first-order valence-corrected chi connectivity index (χ1v) is 13.4. The Kier molecular flexibility index (Phi) is 6.42. The van der Waals surface area contributed by atoms with Gasteiger partial charge in [0.15, 0.2) is 11.9 Å². The number of esters is 1. The largest absolute Gasteiger partial charge is 0.481 e. The molecule has 0 heterocycles. The Morgan fingerprint density at radius 3 is 2.24 bits per heavy atom. The van der Waals surface area contributed by atoms with Crippen LogP contribution in [0.1, 0.15) is 87.0 Å². The fraction of sp³-hybridized carbons (Fsp3) is 0.759. The van der Waals surface area contributed by atoms with E-state index in [0.717, 1.165) is 0 Å². The van der Waals surface area contributed by atoms with Crippen LogP contribution < -0.4 is 0 Å². The van der Waals surface area contributed by atoms with Crippen LogP contribution in [-0.4, -0.2) is 51.7 Å². The normalized spacial score (nSPS) is 41.6. The Balaban J connectivity index is 1.97. The number of allylic oxidation sites excluding steroid dienone is 1. The second kappa shape index (κ2) is 8.58. The molecule has 0 amide bonds. The van der Waals surface area contributed by atoms with Gasteiger partial charge in [-0.05, 0) is 49.4 Å². The molecule has 0 aromatic heterocycles. The van der Waals surface area contributed by atoms with E-state index in [0.29, 0.717) is 24.8 Å². The van der Waals surface area contributed by atoms with E-state index >= 15 is 0 Å². The minimum absolute atomic E-state index is 0.0766. The van der Waals surface area contributed by atoms with Gasteiger partial charge in [-0.25, -0.2) is 0 Å². The van der Waals surface area contributed by atoms with Crippen LogP contribution in [0.4, 0.5) is 0 Å². The molecule has 0 radical (unpaired) electrons. The van der Waals surface area contributed by atoms with Crippen LogP contribution in [0.25, 0.3) is 0 Å². The van der Waals surface area contributed by atoms with Crippen LogP contribution >= 0.6 is 0 Å². The highest BCUT2D eigenvalue weighted by Gasteiger charge is 2.74. The summed E-state index contributed by atoms with van der Waals surface area (Å²) in [5, 5.41) is 20.0. The van der Waals surface area contributed by atoms with Crippen molar-refractivity contribution in [2.24, 2.45) is 39.4 Å². The third-order valence-electron chi connectivity index (χ3n) is 11.1. The van der Waals surface area contributed by atoms with Crippen molar-refractivity contribution < 1.29 is 38.9 Å². The fourth-order valence-corrected chi connectivity index (χ4v) is 8.71. The summed E-state index contributed by atoms with van der Waals surface area (Å²) in [5.41, 5.74) is -3.40. The third kappa shape index (κ3) is 3.53. The maximum absolute atomic E-state index is 14.5. The number of carboxylic acids is 1. The molecule has 4 aliphatic carbocycles. The van der Waals surface area contributed by atoms with Gasteiger partial charge >= 0.3 is 11.9 Å². The average molecular weight is 517 g/mol. The number of rotatable bonds is 5. The van der Waals surface area contributed by atoms with Crippen molar-refractivity contribution in [3.8, 4) is 0 Å². The highest BCUT2D eigenvalue weighted by atomic mass is 16.5. The number of carbonyl (C=O) groups is 5. The summed E-state index contributed by atoms with van der Waals surface area (Å²) in [6, 6.07) is 0. The molecule has 2 N–H and O–H groups in total. The molecule has 0 aliphatic heterocycles. The van der Waals surface area contributed by atoms with Gasteiger partial charge in [0.1, 0.15) is 5.78 Å². The molecule has 8 atom stereocenters. The lowest BCUT2D eigenvalue weighted by Gasteiger charge is -2.61. The van der Waals surface area contributed by atoms with Crippen molar-refractivity contribution in [3.63, 3.8) is 0 Å². The predicted octanol–water partition coefficient (Wildman–Crippen LogP) is 3.68. The zero-order valence-corrected chi connectivity index (χ0v) is 23.0. The lowest BCUT2D eigenvalue weighted by Crippen LogP contribution is -2.65. The van der Waals surface area contributed by atoms with E-state index in [2.05, 4.69) is 0 Å². The van der Waals surface area contributed by atoms with E-state index in [1.807, 2.05) is 27.7 Å². The number of aliphatic hydroxyl groups is 1. The number of carboxylic acid groups (broad SMARTS) is 1. The SMILES string of the molecule is CC(=O)O[C@@H]1C(=O)C2=C(C(=O)CC3C(C)(C)[C@@H](O)CC[C@]23C)[C@]2(C)C(=O)C[C@H]([C@H](C)CCC(=O)O)[C@@]12C. The van der Waals surface area contributed by atoms with E-state index in [-0.39, 0.29) is 48.2 Å². The standard InChI is InChI=1S/C29H40O8/c1-14(8-9-21(34)35)16-12-20(33)29(7)22-17(31)13-18-26(3,4)19(32)10-11-27(18,5)23(22)24(36)25(28(16,29)6)37-15(2)30/h14,16,18-19,25,32H,8-13H2,1-7H3,(H,34,35)/t14-,16-,18?,19+,25-,27+,28+,29+/m1/s1. The predicted molar refractivity (Wildman–Crippen MR) is 133 cm³/mol. The number of carbonyl (C=O) groups excluding carboxylic acids is 4. The number of hydrogen-bond acceptors (Lipinski definition) is 7. The first-order chi connectivity index (χ1) is 17.0. The summed E-state index contributed by atoms with van der Waals surface area (Å²) >= 11 is 0. The first-order valence-electron chi connectivity index (χ1n) is 13.4. The van der Waals surface area contributed by atoms with E-state index in [1.165, 1.54) is 6.92 Å². The summed E-state index contributed by atoms with van der Waals surface area (Å²) in [4.78, 5) is 66.1. The van der Waals surface area contributed by atoms with E-state index in [1.54, 1.807) is 13.8 Å². The molecule has 1 unspecified atom stereocenters. The average Bonchev–Trinajstić information content (AvgIpc) is 3.01. The minimum atomic E-state index is -1.36. The van der Waals surface area contributed by atoms with Crippen molar-refractivity contribution in [1.29, 1.82) is 0 Å². The van der Waals surface area contributed by atoms with Crippen molar-refractivity contribution in [3.05, 3.63) is 11.1 Å². The molecule has 0 aromatic carbocycles. The number of ether oxygens (including phenoxy) is 1. The van der Waals surface area contributed by atoms with Gasteiger partial charge in [0.25, 0.3) is 0 Å². The van der Waals surface area contributed by atoms with Crippen LogP contribution in [0.15, 0.2) is 11.1 Å². The monoisotopic (exact) mass is 516 g/mol. The van der Waals surface area contributed by atoms with Crippen molar-refractivity contribution in [1.82, 2.24) is 0 Å². The number of Topliss-reactive ketones (excluding diaryl/α,β-unsaturated/α-hetero) is 3. The number of ketones is 3. The molecule has 0 aromatic rings. The second-order valence-electron chi connectivity index (χ2n) is 13.1. The number of hydrogen-bond donors (Lipinski definition) is 2. The van der Waals surface area contributed by atoms with E-state index < -0.39 is 57.5 Å². The van der Waals surface area contributed by atoms with Gasteiger partial charge in [0.2, 0.25) is 5.78 Å². The van der Waals surface area contributed by atoms with Gasteiger partial charge < -0.3 is 14.9 Å². The number of fused-ring (bicyclic) bond motifs is 4. The maximum Gasteiger partial charge on any atom is 0.303 e.